The minimum Gasteiger partial charge on any atom is -0.378 e. The molecule has 7 heteroatoms. The van der Waals surface area contributed by atoms with E-state index < -0.39 is 0 Å². The Morgan fingerprint density at radius 2 is 2.26 bits per heavy atom. The summed E-state index contributed by atoms with van der Waals surface area (Å²) in [7, 11) is 0. The topological polar surface area (TPSA) is 57.5 Å². The number of rotatable bonds is 2. The largest absolute Gasteiger partial charge is 0.378 e. The second-order valence-electron chi connectivity index (χ2n) is 4.64. The highest BCUT2D eigenvalue weighted by Gasteiger charge is 2.28. The summed E-state index contributed by atoms with van der Waals surface area (Å²) in [5.41, 5.74) is 1.88. The van der Waals surface area contributed by atoms with Crippen molar-refractivity contribution in [2.24, 2.45) is 10.1 Å². The lowest BCUT2D eigenvalue weighted by molar-refractivity contribution is -0.134. The van der Waals surface area contributed by atoms with E-state index in [1.165, 1.54) is 11.8 Å². The average molecular weight is 280 g/mol. The number of hydrogen-bond acceptors (Lipinski definition) is 6. The molecule has 3 rings (SSSR count). The van der Waals surface area contributed by atoms with Gasteiger partial charge in [-0.3, -0.25) is 9.79 Å². The van der Waals surface area contributed by atoms with E-state index in [1.807, 2.05) is 17.2 Å². The molecule has 0 aromatic heterocycles. The summed E-state index contributed by atoms with van der Waals surface area (Å²) in [4.78, 5) is 18.5. The maximum absolute atomic E-state index is 12.2. The third kappa shape index (κ3) is 2.66. The molecule has 0 aliphatic carbocycles. The van der Waals surface area contributed by atoms with Gasteiger partial charge in [0.1, 0.15) is 0 Å². The van der Waals surface area contributed by atoms with Gasteiger partial charge in [-0.25, -0.2) is 5.01 Å². The molecule has 0 aromatic rings. The average Bonchev–Trinajstić information content (AvgIpc) is 2.82. The van der Waals surface area contributed by atoms with E-state index in [9.17, 15) is 4.79 Å². The summed E-state index contributed by atoms with van der Waals surface area (Å²) in [6, 6.07) is 0. The van der Waals surface area contributed by atoms with Crippen LogP contribution in [0, 0.1) is 0 Å². The van der Waals surface area contributed by atoms with Crippen LogP contribution in [0.5, 0.6) is 0 Å². The summed E-state index contributed by atoms with van der Waals surface area (Å²) >= 11 is 1.54. The first-order valence-electron chi connectivity index (χ1n) is 6.34. The van der Waals surface area contributed by atoms with Gasteiger partial charge in [-0.1, -0.05) is 11.8 Å². The van der Waals surface area contributed by atoms with Crippen LogP contribution < -0.4 is 0 Å². The van der Waals surface area contributed by atoms with Gasteiger partial charge >= 0.3 is 0 Å². The van der Waals surface area contributed by atoms with Crippen molar-refractivity contribution in [3.05, 3.63) is 11.1 Å². The van der Waals surface area contributed by atoms with Crippen molar-refractivity contribution >= 4 is 28.5 Å². The Balaban J connectivity index is 1.65. The molecule has 0 saturated carbocycles. The molecule has 3 heterocycles. The Hall–Kier alpha value is -1.34. The molecular formula is C12H16N4O2S. The van der Waals surface area contributed by atoms with Crippen LogP contribution >= 0.6 is 11.8 Å². The highest BCUT2D eigenvalue weighted by atomic mass is 32.2. The van der Waals surface area contributed by atoms with E-state index in [4.69, 9.17) is 4.74 Å². The molecule has 102 valence electrons. The number of nitrogens with zero attached hydrogens (tertiary/aromatic N) is 4. The quantitative estimate of drug-likeness (QED) is 0.753. The van der Waals surface area contributed by atoms with E-state index in [-0.39, 0.29) is 5.91 Å². The molecule has 6 nitrogen and oxygen atoms in total. The van der Waals surface area contributed by atoms with Crippen LogP contribution in [0.4, 0.5) is 0 Å². The smallest absolute Gasteiger partial charge is 0.228 e. The van der Waals surface area contributed by atoms with Gasteiger partial charge in [0.15, 0.2) is 5.17 Å². The highest BCUT2D eigenvalue weighted by Crippen LogP contribution is 2.30. The van der Waals surface area contributed by atoms with Crippen LogP contribution in [0.1, 0.15) is 13.3 Å². The summed E-state index contributed by atoms with van der Waals surface area (Å²) < 4.78 is 5.26. The molecule has 0 atom stereocenters. The summed E-state index contributed by atoms with van der Waals surface area (Å²) in [5.74, 6) is 0.134. The van der Waals surface area contributed by atoms with Crippen molar-refractivity contribution in [1.29, 1.82) is 0 Å². The molecule has 3 aliphatic rings. The minimum absolute atomic E-state index is 0.134. The maximum Gasteiger partial charge on any atom is 0.228 e. The Morgan fingerprint density at radius 3 is 3.05 bits per heavy atom. The van der Waals surface area contributed by atoms with Gasteiger partial charge in [0.2, 0.25) is 5.91 Å². The lowest BCUT2D eigenvalue weighted by Gasteiger charge is -2.28. The van der Waals surface area contributed by atoms with Gasteiger partial charge in [-0.15, -0.1) is 0 Å². The van der Waals surface area contributed by atoms with Crippen molar-refractivity contribution < 1.29 is 9.53 Å². The number of fused-ring (bicyclic) bond motifs is 1. The van der Waals surface area contributed by atoms with Crippen LogP contribution in [0.2, 0.25) is 0 Å². The van der Waals surface area contributed by atoms with E-state index >= 15 is 0 Å². The van der Waals surface area contributed by atoms with Gasteiger partial charge < -0.3 is 9.64 Å². The number of morpholine rings is 1. The summed E-state index contributed by atoms with van der Waals surface area (Å²) in [6.45, 7) is 5.23. The third-order valence-electron chi connectivity index (χ3n) is 3.16. The van der Waals surface area contributed by atoms with Gasteiger partial charge in [0.25, 0.3) is 0 Å². The number of carbonyl (C=O) groups excluding carboxylic acids is 1. The molecule has 1 saturated heterocycles. The third-order valence-corrected chi connectivity index (χ3v) is 4.07. The molecule has 0 N–H and O–H groups in total. The van der Waals surface area contributed by atoms with Crippen molar-refractivity contribution in [3.63, 3.8) is 0 Å². The summed E-state index contributed by atoms with van der Waals surface area (Å²) in [6.07, 6.45) is 0.378. The predicted molar refractivity (Wildman–Crippen MR) is 74.9 cm³/mol. The minimum atomic E-state index is 0.134. The monoisotopic (exact) mass is 280 g/mol. The molecule has 0 aromatic carbocycles. The van der Waals surface area contributed by atoms with E-state index in [0.717, 1.165) is 16.6 Å². The Bertz CT molecular complexity index is 480. The van der Waals surface area contributed by atoms with Crippen LogP contribution in [-0.4, -0.2) is 59.5 Å². The lowest BCUT2D eigenvalue weighted by atomic mass is 10.2. The van der Waals surface area contributed by atoms with Crippen LogP contribution in [0.3, 0.4) is 0 Å². The number of carbonyl (C=O) groups is 1. The number of ether oxygens (including phenoxy) is 1. The van der Waals surface area contributed by atoms with Crippen LogP contribution in [0.25, 0.3) is 0 Å². The molecule has 1 amide bonds. The van der Waals surface area contributed by atoms with Crippen molar-refractivity contribution in [3.8, 4) is 0 Å². The Kier molecular flexibility index (Phi) is 3.56. The van der Waals surface area contributed by atoms with Gasteiger partial charge in [-0.05, 0) is 6.92 Å². The number of aliphatic imine (C=N–C) groups is 1. The van der Waals surface area contributed by atoms with Crippen molar-refractivity contribution in [2.45, 2.75) is 13.3 Å². The second-order valence-corrected chi connectivity index (χ2v) is 5.48. The fraction of sp³-hybridized carbons (Fsp3) is 0.583. The Labute approximate surface area is 116 Å². The van der Waals surface area contributed by atoms with E-state index in [2.05, 4.69) is 10.1 Å². The molecule has 3 aliphatic heterocycles. The van der Waals surface area contributed by atoms with E-state index in [1.54, 1.807) is 5.01 Å². The Morgan fingerprint density at radius 1 is 1.47 bits per heavy atom. The predicted octanol–water partition coefficient (Wildman–Crippen LogP) is 0.871. The number of amidine groups is 1. The standard InChI is InChI=1S/C12H16N4O2S/c1-9-7-13-12-16(14-9)10(8-19-12)6-11(17)15-2-4-18-5-3-15/h8H,2-7H2,1H3. The molecule has 0 bridgehead atoms. The molecule has 19 heavy (non-hydrogen) atoms. The van der Waals surface area contributed by atoms with E-state index in [0.29, 0.717) is 39.3 Å². The first-order chi connectivity index (χ1) is 9.24. The first kappa shape index (κ1) is 12.7. The fourth-order valence-electron chi connectivity index (χ4n) is 2.14. The summed E-state index contributed by atoms with van der Waals surface area (Å²) in [5, 5.41) is 9.09. The zero-order valence-corrected chi connectivity index (χ0v) is 11.7. The second kappa shape index (κ2) is 5.34. The SMILES string of the molecule is CC1=NN2C(CC(=O)N3CCOCC3)=CSC2=NC1. The maximum atomic E-state index is 12.2. The normalized spacial score (nSPS) is 22.7. The van der Waals surface area contributed by atoms with Gasteiger partial charge in [0, 0.05) is 18.5 Å². The number of thioether (sulfide) groups is 1. The fourth-order valence-corrected chi connectivity index (χ4v) is 2.96. The number of hydrogen-bond donors (Lipinski definition) is 0. The van der Waals surface area contributed by atoms with Gasteiger partial charge in [-0.2, -0.15) is 5.10 Å². The molecule has 0 unspecified atom stereocenters. The van der Waals surface area contributed by atoms with Crippen molar-refractivity contribution in [1.82, 2.24) is 9.91 Å². The van der Waals surface area contributed by atoms with Gasteiger partial charge in [0.05, 0.1) is 37.6 Å². The van der Waals surface area contributed by atoms with Crippen molar-refractivity contribution in [2.75, 3.05) is 32.8 Å². The highest BCUT2D eigenvalue weighted by molar-refractivity contribution is 8.16. The molecule has 0 spiro atoms. The number of hydrazone groups is 1. The number of amides is 1. The molecular weight excluding hydrogens is 264 g/mol. The zero-order valence-electron chi connectivity index (χ0n) is 10.8. The van der Waals surface area contributed by atoms with Crippen LogP contribution in [0.15, 0.2) is 21.2 Å². The molecule has 0 radical (unpaired) electrons. The lowest BCUT2D eigenvalue weighted by Crippen LogP contribution is -2.41. The van der Waals surface area contributed by atoms with Crippen LogP contribution in [-0.2, 0) is 9.53 Å². The first-order valence-corrected chi connectivity index (χ1v) is 7.22. The molecule has 1 fully saturated rings. The zero-order chi connectivity index (χ0) is 13.2.